The van der Waals surface area contributed by atoms with Crippen molar-refractivity contribution in [1.29, 1.82) is 0 Å². The first-order valence-corrected chi connectivity index (χ1v) is 4.86. The fourth-order valence-electron chi connectivity index (χ4n) is 1.34. The lowest BCUT2D eigenvalue weighted by molar-refractivity contribution is 0.500. The molecule has 2 heterocycles. The van der Waals surface area contributed by atoms with E-state index in [0.717, 1.165) is 11.3 Å². The van der Waals surface area contributed by atoms with Crippen molar-refractivity contribution in [2.45, 2.75) is 19.4 Å². The molecule has 15 heavy (non-hydrogen) atoms. The highest BCUT2D eigenvalue weighted by molar-refractivity contribution is 5.50. The first kappa shape index (κ1) is 9.86. The second-order valence-corrected chi connectivity index (χ2v) is 3.55. The van der Waals surface area contributed by atoms with Gasteiger partial charge in [0.15, 0.2) is 0 Å². The monoisotopic (exact) mass is 203 g/mol. The predicted molar refractivity (Wildman–Crippen MR) is 57.1 cm³/mol. The molecule has 0 fully saturated rings. The average molecular weight is 203 g/mol. The van der Waals surface area contributed by atoms with E-state index in [1.54, 1.807) is 18.6 Å². The molecule has 0 aliphatic rings. The van der Waals surface area contributed by atoms with Crippen LogP contribution in [0.4, 0.5) is 0 Å². The Bertz CT molecular complexity index is 422. The van der Waals surface area contributed by atoms with Crippen molar-refractivity contribution in [3.8, 4) is 11.5 Å². The minimum Gasteiger partial charge on any atom is -0.441 e. The molecular formula is C11H13N3O. The van der Waals surface area contributed by atoms with Gasteiger partial charge < -0.3 is 10.2 Å². The van der Waals surface area contributed by atoms with Crippen LogP contribution in [-0.2, 0) is 6.42 Å². The van der Waals surface area contributed by atoms with Gasteiger partial charge in [-0.05, 0) is 19.1 Å². The summed E-state index contributed by atoms with van der Waals surface area (Å²) in [6.45, 7) is 1.94. The molecule has 4 heteroatoms. The van der Waals surface area contributed by atoms with E-state index in [1.165, 1.54) is 0 Å². The predicted octanol–water partition coefficient (Wildman–Crippen LogP) is 1.63. The summed E-state index contributed by atoms with van der Waals surface area (Å²) in [6, 6.07) is 3.85. The van der Waals surface area contributed by atoms with E-state index in [2.05, 4.69) is 9.97 Å². The van der Waals surface area contributed by atoms with Crippen LogP contribution in [-0.4, -0.2) is 16.0 Å². The lowest BCUT2D eigenvalue weighted by Crippen LogP contribution is -2.17. The van der Waals surface area contributed by atoms with Crippen LogP contribution in [0.2, 0.25) is 0 Å². The molecule has 0 saturated carbocycles. The fourth-order valence-corrected chi connectivity index (χ4v) is 1.34. The first-order chi connectivity index (χ1) is 7.25. The van der Waals surface area contributed by atoms with Crippen molar-refractivity contribution in [2.24, 2.45) is 5.73 Å². The van der Waals surface area contributed by atoms with Crippen LogP contribution in [0.25, 0.3) is 11.5 Å². The van der Waals surface area contributed by atoms with Crippen molar-refractivity contribution in [2.75, 3.05) is 0 Å². The summed E-state index contributed by atoms with van der Waals surface area (Å²) in [7, 11) is 0. The lowest BCUT2D eigenvalue weighted by Gasteiger charge is -1.99. The lowest BCUT2D eigenvalue weighted by atomic mass is 10.2. The van der Waals surface area contributed by atoms with Crippen LogP contribution in [0.5, 0.6) is 0 Å². The van der Waals surface area contributed by atoms with Gasteiger partial charge in [0.25, 0.3) is 0 Å². The molecule has 2 aromatic heterocycles. The number of rotatable bonds is 3. The summed E-state index contributed by atoms with van der Waals surface area (Å²) >= 11 is 0. The largest absolute Gasteiger partial charge is 0.441 e. The van der Waals surface area contributed by atoms with E-state index in [1.807, 2.05) is 19.1 Å². The van der Waals surface area contributed by atoms with Gasteiger partial charge in [0, 0.05) is 24.9 Å². The van der Waals surface area contributed by atoms with Gasteiger partial charge in [-0.1, -0.05) is 0 Å². The average Bonchev–Trinajstić information content (AvgIpc) is 2.67. The molecule has 1 unspecified atom stereocenters. The maximum Gasteiger partial charge on any atom is 0.227 e. The van der Waals surface area contributed by atoms with Crippen LogP contribution >= 0.6 is 0 Å². The SMILES string of the molecule is CC(N)Cc1cnc(-c2cccnc2)o1. The first-order valence-electron chi connectivity index (χ1n) is 4.86. The molecule has 4 nitrogen and oxygen atoms in total. The molecule has 78 valence electrons. The summed E-state index contributed by atoms with van der Waals surface area (Å²) in [5.74, 6) is 1.41. The number of nitrogens with two attached hydrogens (primary N) is 1. The molecule has 0 aliphatic carbocycles. The van der Waals surface area contributed by atoms with Gasteiger partial charge in [-0.3, -0.25) is 4.98 Å². The number of oxazole rings is 1. The fraction of sp³-hybridized carbons (Fsp3) is 0.273. The zero-order valence-electron chi connectivity index (χ0n) is 8.55. The Morgan fingerprint density at radius 2 is 2.33 bits per heavy atom. The summed E-state index contributed by atoms with van der Waals surface area (Å²) in [4.78, 5) is 8.18. The molecule has 0 spiro atoms. The van der Waals surface area contributed by atoms with Crippen LogP contribution in [0.1, 0.15) is 12.7 Å². The van der Waals surface area contributed by atoms with Gasteiger partial charge in [0.1, 0.15) is 5.76 Å². The summed E-state index contributed by atoms with van der Waals surface area (Å²) in [5.41, 5.74) is 6.56. The number of hydrogen-bond acceptors (Lipinski definition) is 4. The van der Waals surface area contributed by atoms with E-state index in [4.69, 9.17) is 10.2 Å². The third kappa shape index (κ3) is 2.41. The zero-order chi connectivity index (χ0) is 10.7. The molecule has 0 amide bonds. The Morgan fingerprint density at radius 3 is 3.00 bits per heavy atom. The van der Waals surface area contributed by atoms with Gasteiger partial charge in [-0.15, -0.1) is 0 Å². The number of aromatic nitrogens is 2. The van der Waals surface area contributed by atoms with Crippen molar-refractivity contribution in [3.05, 3.63) is 36.5 Å². The Kier molecular flexibility index (Phi) is 2.78. The van der Waals surface area contributed by atoms with E-state index in [9.17, 15) is 0 Å². The smallest absolute Gasteiger partial charge is 0.227 e. The number of nitrogens with zero attached hydrogens (tertiary/aromatic N) is 2. The Labute approximate surface area is 88.2 Å². The van der Waals surface area contributed by atoms with Gasteiger partial charge in [-0.2, -0.15) is 0 Å². The number of pyridine rings is 1. The maximum absolute atomic E-state index is 5.67. The highest BCUT2D eigenvalue weighted by Crippen LogP contribution is 2.18. The molecule has 1 atom stereocenters. The van der Waals surface area contributed by atoms with Crippen LogP contribution in [0.3, 0.4) is 0 Å². The highest BCUT2D eigenvalue weighted by Gasteiger charge is 2.07. The van der Waals surface area contributed by atoms with Crippen molar-refractivity contribution in [3.63, 3.8) is 0 Å². The van der Waals surface area contributed by atoms with E-state index in [0.29, 0.717) is 12.3 Å². The molecular weight excluding hydrogens is 190 g/mol. The van der Waals surface area contributed by atoms with Crippen molar-refractivity contribution >= 4 is 0 Å². The molecule has 2 rings (SSSR count). The summed E-state index contributed by atoms with van der Waals surface area (Å²) in [6.07, 6.45) is 5.86. The molecule has 0 aromatic carbocycles. The molecule has 0 bridgehead atoms. The quantitative estimate of drug-likeness (QED) is 0.823. The summed E-state index contributed by atoms with van der Waals surface area (Å²) < 4.78 is 5.55. The van der Waals surface area contributed by atoms with Gasteiger partial charge in [0.05, 0.1) is 11.8 Å². The van der Waals surface area contributed by atoms with Gasteiger partial charge in [-0.25, -0.2) is 4.98 Å². The molecule has 2 aromatic rings. The normalized spacial score (nSPS) is 12.7. The molecule has 0 aliphatic heterocycles. The van der Waals surface area contributed by atoms with Crippen molar-refractivity contribution < 1.29 is 4.42 Å². The number of hydrogen-bond donors (Lipinski definition) is 1. The van der Waals surface area contributed by atoms with E-state index in [-0.39, 0.29) is 6.04 Å². The minimum atomic E-state index is 0.0831. The highest BCUT2D eigenvalue weighted by atomic mass is 16.4. The molecule has 0 saturated heterocycles. The van der Waals surface area contributed by atoms with Crippen LogP contribution in [0.15, 0.2) is 35.1 Å². The summed E-state index contributed by atoms with van der Waals surface area (Å²) in [5, 5.41) is 0. The second-order valence-electron chi connectivity index (χ2n) is 3.55. The molecule has 2 N–H and O–H groups in total. The topological polar surface area (TPSA) is 64.9 Å². The second kappa shape index (κ2) is 4.23. The Balaban J connectivity index is 2.21. The minimum absolute atomic E-state index is 0.0831. The Morgan fingerprint density at radius 1 is 1.47 bits per heavy atom. The zero-order valence-corrected chi connectivity index (χ0v) is 8.55. The van der Waals surface area contributed by atoms with Crippen molar-refractivity contribution in [1.82, 2.24) is 9.97 Å². The standard InChI is InChI=1S/C11H13N3O/c1-8(12)5-10-7-14-11(15-10)9-3-2-4-13-6-9/h2-4,6-8H,5,12H2,1H3. The van der Waals surface area contributed by atoms with E-state index >= 15 is 0 Å². The molecule has 0 radical (unpaired) electrons. The van der Waals surface area contributed by atoms with E-state index < -0.39 is 0 Å². The van der Waals surface area contributed by atoms with Gasteiger partial charge >= 0.3 is 0 Å². The Hall–Kier alpha value is -1.68. The van der Waals surface area contributed by atoms with Crippen LogP contribution in [0, 0.1) is 0 Å². The van der Waals surface area contributed by atoms with Crippen LogP contribution < -0.4 is 5.73 Å². The van der Waals surface area contributed by atoms with Gasteiger partial charge in [0.2, 0.25) is 5.89 Å². The third-order valence-electron chi connectivity index (χ3n) is 1.99. The maximum atomic E-state index is 5.67. The third-order valence-corrected chi connectivity index (χ3v) is 1.99.